The van der Waals surface area contributed by atoms with E-state index in [2.05, 4.69) is 5.32 Å². The lowest BCUT2D eigenvalue weighted by molar-refractivity contribution is -0.142. The second-order valence-electron chi connectivity index (χ2n) is 7.61. The number of benzene rings is 1. The smallest absolute Gasteiger partial charge is 0.306 e. The largest absolute Gasteiger partial charge is 0.481 e. The van der Waals surface area contributed by atoms with Crippen LogP contribution in [-0.2, 0) is 9.59 Å². The predicted octanol–water partition coefficient (Wildman–Crippen LogP) is 2.07. The summed E-state index contributed by atoms with van der Waals surface area (Å²) in [7, 11) is 0. The van der Waals surface area contributed by atoms with Crippen LogP contribution in [0.4, 0.5) is 0 Å². The van der Waals surface area contributed by atoms with Gasteiger partial charge < -0.3 is 10.4 Å². The minimum absolute atomic E-state index is 0.135. The van der Waals surface area contributed by atoms with Gasteiger partial charge in [0.15, 0.2) is 0 Å². The first kappa shape index (κ1) is 19.1. The van der Waals surface area contributed by atoms with Gasteiger partial charge in [-0.1, -0.05) is 26.0 Å². The Morgan fingerprint density at radius 3 is 2.00 bits per heavy atom. The molecule has 27 heavy (non-hydrogen) atoms. The Balaban J connectivity index is 1.73. The maximum Gasteiger partial charge on any atom is 0.306 e. The van der Waals surface area contributed by atoms with Crippen molar-refractivity contribution in [3.8, 4) is 0 Å². The number of amides is 3. The van der Waals surface area contributed by atoms with Crippen molar-refractivity contribution in [2.45, 2.75) is 51.6 Å². The molecule has 1 unspecified atom stereocenters. The highest BCUT2D eigenvalue weighted by atomic mass is 16.4. The molecule has 0 radical (unpaired) electrons. The Labute approximate surface area is 157 Å². The topological polar surface area (TPSA) is 104 Å². The van der Waals surface area contributed by atoms with Gasteiger partial charge in [0.2, 0.25) is 5.91 Å². The monoisotopic (exact) mass is 372 g/mol. The second kappa shape index (κ2) is 7.50. The molecule has 1 heterocycles. The van der Waals surface area contributed by atoms with E-state index in [4.69, 9.17) is 5.11 Å². The van der Waals surface area contributed by atoms with E-state index in [1.807, 2.05) is 0 Å². The van der Waals surface area contributed by atoms with Crippen LogP contribution in [0.15, 0.2) is 24.3 Å². The van der Waals surface area contributed by atoms with Crippen molar-refractivity contribution in [3.05, 3.63) is 35.4 Å². The number of carbonyl (C=O) groups is 4. The van der Waals surface area contributed by atoms with Crippen LogP contribution in [0.3, 0.4) is 0 Å². The Hall–Kier alpha value is -2.70. The number of carboxylic acids is 1. The first-order valence-corrected chi connectivity index (χ1v) is 9.31. The molecule has 2 N–H and O–H groups in total. The van der Waals surface area contributed by atoms with E-state index >= 15 is 0 Å². The van der Waals surface area contributed by atoms with E-state index in [1.54, 1.807) is 38.1 Å². The van der Waals surface area contributed by atoms with E-state index in [0.29, 0.717) is 36.8 Å². The zero-order valence-corrected chi connectivity index (χ0v) is 15.5. The predicted molar refractivity (Wildman–Crippen MR) is 97.1 cm³/mol. The van der Waals surface area contributed by atoms with E-state index in [-0.39, 0.29) is 23.8 Å². The molecule has 0 spiro atoms. The number of fused-ring (bicyclic) bond motifs is 1. The molecule has 0 aromatic heterocycles. The minimum Gasteiger partial charge on any atom is -0.481 e. The normalized spacial score (nSPS) is 23.3. The standard InChI is InChI=1S/C20H24N2O5/c1-11(2)16(17(23)21-13-9-7-12(8-10-13)20(26)27)22-18(24)14-5-3-4-6-15(14)19(22)25/h3-6,11-13,16H,7-10H2,1-2H3,(H,21,23)(H,26,27). The Morgan fingerprint density at radius 1 is 1.04 bits per heavy atom. The third-order valence-electron chi connectivity index (χ3n) is 5.43. The average molecular weight is 372 g/mol. The molecule has 0 bridgehead atoms. The third-order valence-corrected chi connectivity index (χ3v) is 5.43. The van der Waals surface area contributed by atoms with Gasteiger partial charge in [0.25, 0.3) is 11.8 Å². The van der Waals surface area contributed by atoms with Crippen LogP contribution in [0.1, 0.15) is 60.2 Å². The Bertz CT molecular complexity index is 745. The van der Waals surface area contributed by atoms with Crippen LogP contribution in [0.5, 0.6) is 0 Å². The Kier molecular flexibility index (Phi) is 5.30. The summed E-state index contributed by atoms with van der Waals surface area (Å²) in [5.74, 6) is -2.67. The maximum absolute atomic E-state index is 12.9. The van der Waals surface area contributed by atoms with Crippen molar-refractivity contribution in [1.82, 2.24) is 10.2 Å². The summed E-state index contributed by atoms with van der Waals surface area (Å²) < 4.78 is 0. The van der Waals surface area contributed by atoms with Crippen LogP contribution in [0.2, 0.25) is 0 Å². The van der Waals surface area contributed by atoms with E-state index in [1.165, 1.54) is 0 Å². The summed E-state index contributed by atoms with van der Waals surface area (Å²) in [4.78, 5) is 50.5. The zero-order chi connectivity index (χ0) is 19.7. The van der Waals surface area contributed by atoms with Gasteiger partial charge in [0, 0.05) is 6.04 Å². The highest BCUT2D eigenvalue weighted by Crippen LogP contribution is 2.28. The van der Waals surface area contributed by atoms with Crippen molar-refractivity contribution in [2.75, 3.05) is 0 Å². The molecular formula is C20H24N2O5. The molecule has 3 rings (SSSR count). The van der Waals surface area contributed by atoms with Gasteiger partial charge in [-0.05, 0) is 43.7 Å². The molecule has 1 fully saturated rings. The lowest BCUT2D eigenvalue weighted by Gasteiger charge is -2.32. The first-order chi connectivity index (χ1) is 12.8. The number of nitrogens with one attached hydrogen (secondary N) is 1. The van der Waals surface area contributed by atoms with Gasteiger partial charge in [0.1, 0.15) is 6.04 Å². The highest BCUT2D eigenvalue weighted by Gasteiger charge is 2.44. The molecule has 1 aliphatic carbocycles. The quantitative estimate of drug-likeness (QED) is 0.770. The minimum atomic E-state index is -0.894. The van der Waals surface area contributed by atoms with Crippen LogP contribution in [0, 0.1) is 11.8 Å². The van der Waals surface area contributed by atoms with Crippen molar-refractivity contribution in [1.29, 1.82) is 0 Å². The number of rotatable bonds is 5. The molecule has 1 aromatic rings. The Morgan fingerprint density at radius 2 is 1.56 bits per heavy atom. The SMILES string of the molecule is CC(C)C(C(=O)NC1CCC(C(=O)O)CC1)N1C(=O)c2ccccc2C1=O. The fourth-order valence-corrected chi connectivity index (χ4v) is 3.95. The molecule has 3 amide bonds. The molecule has 7 heteroatoms. The molecule has 1 atom stereocenters. The number of carboxylic acid groups (broad SMARTS) is 1. The highest BCUT2D eigenvalue weighted by molar-refractivity contribution is 6.22. The number of hydrogen-bond donors (Lipinski definition) is 2. The summed E-state index contributed by atoms with van der Waals surface area (Å²) in [5.41, 5.74) is 0.644. The summed E-state index contributed by atoms with van der Waals surface area (Å²) in [6, 6.07) is 5.55. The van der Waals surface area contributed by atoms with E-state index in [9.17, 15) is 19.2 Å². The fourth-order valence-electron chi connectivity index (χ4n) is 3.95. The van der Waals surface area contributed by atoms with Gasteiger partial charge in [0.05, 0.1) is 17.0 Å². The van der Waals surface area contributed by atoms with Crippen molar-refractivity contribution in [2.24, 2.45) is 11.8 Å². The summed E-state index contributed by atoms with van der Waals surface area (Å²) in [5, 5.41) is 12.0. The van der Waals surface area contributed by atoms with Crippen LogP contribution < -0.4 is 5.32 Å². The molecule has 1 saturated carbocycles. The second-order valence-corrected chi connectivity index (χ2v) is 7.61. The third kappa shape index (κ3) is 3.59. The van der Waals surface area contributed by atoms with Gasteiger partial charge in [-0.2, -0.15) is 0 Å². The van der Waals surface area contributed by atoms with Gasteiger partial charge in [-0.3, -0.25) is 24.1 Å². The van der Waals surface area contributed by atoms with Crippen LogP contribution in [-0.4, -0.2) is 45.8 Å². The molecule has 1 aromatic carbocycles. The van der Waals surface area contributed by atoms with Crippen molar-refractivity contribution >= 4 is 23.7 Å². The average Bonchev–Trinajstić information content (AvgIpc) is 2.88. The van der Waals surface area contributed by atoms with Gasteiger partial charge >= 0.3 is 5.97 Å². The number of hydrogen-bond acceptors (Lipinski definition) is 4. The molecule has 1 aliphatic heterocycles. The number of nitrogens with zero attached hydrogens (tertiary/aromatic N) is 1. The van der Waals surface area contributed by atoms with Crippen LogP contribution in [0.25, 0.3) is 0 Å². The molecule has 144 valence electrons. The van der Waals surface area contributed by atoms with Crippen molar-refractivity contribution in [3.63, 3.8) is 0 Å². The summed E-state index contributed by atoms with van der Waals surface area (Å²) in [6.07, 6.45) is 2.19. The maximum atomic E-state index is 12.9. The number of carbonyl (C=O) groups excluding carboxylic acids is 3. The lowest BCUT2D eigenvalue weighted by atomic mass is 9.86. The zero-order valence-electron chi connectivity index (χ0n) is 15.5. The van der Waals surface area contributed by atoms with E-state index in [0.717, 1.165) is 4.90 Å². The number of imide groups is 1. The summed E-state index contributed by atoms with van der Waals surface area (Å²) >= 11 is 0. The molecule has 0 saturated heterocycles. The van der Waals surface area contributed by atoms with Crippen molar-refractivity contribution < 1.29 is 24.3 Å². The van der Waals surface area contributed by atoms with E-state index < -0.39 is 23.8 Å². The van der Waals surface area contributed by atoms with Crippen LogP contribution >= 0.6 is 0 Å². The van der Waals surface area contributed by atoms with Gasteiger partial charge in [-0.15, -0.1) is 0 Å². The fraction of sp³-hybridized carbons (Fsp3) is 0.500. The number of aliphatic carboxylic acids is 1. The summed E-state index contributed by atoms with van der Waals surface area (Å²) in [6.45, 7) is 3.60. The molecule has 7 nitrogen and oxygen atoms in total. The first-order valence-electron chi connectivity index (χ1n) is 9.31. The van der Waals surface area contributed by atoms with Gasteiger partial charge in [-0.25, -0.2) is 0 Å². The lowest BCUT2D eigenvalue weighted by Crippen LogP contribution is -2.54. The molecular weight excluding hydrogens is 348 g/mol. The molecule has 2 aliphatic rings.